The Morgan fingerprint density at radius 2 is 1.94 bits per heavy atom. The van der Waals surface area contributed by atoms with Crippen molar-refractivity contribution in [1.82, 2.24) is 0 Å². The van der Waals surface area contributed by atoms with Crippen molar-refractivity contribution >= 4 is 34.3 Å². The molecular formula is C26H43IO5. The number of ketones is 1. The number of Topliss-reactive ketones (excluding diaryl/α,β-unsaturated/α-hetero) is 1. The van der Waals surface area contributed by atoms with Crippen molar-refractivity contribution < 1.29 is 23.8 Å². The van der Waals surface area contributed by atoms with Crippen molar-refractivity contribution in [3.63, 3.8) is 0 Å². The first-order chi connectivity index (χ1) is 15.4. The van der Waals surface area contributed by atoms with E-state index in [9.17, 15) is 9.59 Å². The van der Waals surface area contributed by atoms with Crippen LogP contribution in [0, 0.1) is 17.8 Å². The van der Waals surface area contributed by atoms with E-state index in [1.165, 1.54) is 12.8 Å². The van der Waals surface area contributed by atoms with E-state index in [2.05, 4.69) is 41.7 Å². The van der Waals surface area contributed by atoms with Gasteiger partial charge in [0.2, 0.25) is 0 Å². The number of carbonyl (C=O) groups is 2. The van der Waals surface area contributed by atoms with Crippen LogP contribution in [0.3, 0.4) is 0 Å². The molecule has 0 aromatic rings. The average Bonchev–Trinajstić information content (AvgIpc) is 3.33. The van der Waals surface area contributed by atoms with E-state index in [0.29, 0.717) is 43.7 Å². The van der Waals surface area contributed by atoms with Crippen molar-refractivity contribution in [3.8, 4) is 0 Å². The molecule has 0 N–H and O–H groups in total. The van der Waals surface area contributed by atoms with E-state index in [1.807, 2.05) is 13.8 Å². The van der Waals surface area contributed by atoms with Crippen molar-refractivity contribution in [3.05, 3.63) is 12.2 Å². The van der Waals surface area contributed by atoms with Crippen LogP contribution in [-0.4, -0.2) is 41.3 Å². The Morgan fingerprint density at radius 3 is 2.59 bits per heavy atom. The first-order valence-corrected chi connectivity index (χ1v) is 14.1. The van der Waals surface area contributed by atoms with Gasteiger partial charge in [0.1, 0.15) is 5.78 Å². The normalized spacial score (nSPS) is 25.3. The fraction of sp³-hybridized carbons (Fsp3) is 0.846. The SMILES string of the molecule is CCCCCC1(CC[C@H]2[C@H](CI)CC(=O)[C@@H]2C/C=C\CCCC(=O)OC(C)C)OCCO1. The third-order valence-corrected chi connectivity index (χ3v) is 7.84. The second kappa shape index (κ2) is 14.7. The van der Waals surface area contributed by atoms with Gasteiger partial charge in [0.15, 0.2) is 5.79 Å². The van der Waals surface area contributed by atoms with Gasteiger partial charge >= 0.3 is 5.97 Å². The number of carbonyl (C=O) groups excluding carboxylic acids is 2. The zero-order valence-electron chi connectivity index (χ0n) is 20.3. The summed E-state index contributed by atoms with van der Waals surface area (Å²) < 4.78 is 18.4. The molecule has 1 saturated carbocycles. The van der Waals surface area contributed by atoms with E-state index in [1.54, 1.807) is 0 Å². The minimum atomic E-state index is -0.429. The molecule has 0 aromatic carbocycles. The van der Waals surface area contributed by atoms with Gasteiger partial charge in [0.05, 0.1) is 19.3 Å². The minimum Gasteiger partial charge on any atom is -0.463 e. The molecule has 1 saturated heterocycles. The van der Waals surface area contributed by atoms with Gasteiger partial charge in [0, 0.05) is 36.0 Å². The summed E-state index contributed by atoms with van der Waals surface area (Å²) >= 11 is 2.44. The van der Waals surface area contributed by atoms with Gasteiger partial charge in [-0.15, -0.1) is 0 Å². The van der Waals surface area contributed by atoms with Gasteiger partial charge in [-0.05, 0) is 57.8 Å². The number of unbranched alkanes of at least 4 members (excludes halogenated alkanes) is 3. The number of ether oxygens (including phenoxy) is 3. The van der Waals surface area contributed by atoms with Crippen molar-refractivity contribution in [2.75, 3.05) is 17.6 Å². The van der Waals surface area contributed by atoms with Crippen LogP contribution in [0.25, 0.3) is 0 Å². The Balaban J connectivity index is 1.84. The fourth-order valence-corrected chi connectivity index (χ4v) is 5.99. The summed E-state index contributed by atoms with van der Waals surface area (Å²) in [6, 6.07) is 0. The molecule has 1 aliphatic heterocycles. The third kappa shape index (κ3) is 9.05. The summed E-state index contributed by atoms with van der Waals surface area (Å²) in [5, 5.41) is 0. The quantitative estimate of drug-likeness (QED) is 0.0759. The van der Waals surface area contributed by atoms with Gasteiger partial charge in [-0.25, -0.2) is 0 Å². The van der Waals surface area contributed by atoms with Crippen LogP contribution in [0.1, 0.15) is 91.4 Å². The fourth-order valence-electron chi connectivity index (χ4n) is 5.03. The van der Waals surface area contributed by atoms with Crippen molar-refractivity contribution in [1.29, 1.82) is 0 Å². The lowest BCUT2D eigenvalue weighted by molar-refractivity contribution is -0.171. The Bertz CT molecular complexity index is 597. The minimum absolute atomic E-state index is 0.0555. The van der Waals surface area contributed by atoms with Gasteiger partial charge in [-0.1, -0.05) is 54.5 Å². The van der Waals surface area contributed by atoms with Crippen molar-refractivity contribution in [2.45, 2.75) is 103 Å². The molecule has 3 atom stereocenters. The second-order valence-electron chi connectivity index (χ2n) is 9.60. The predicted octanol–water partition coefficient (Wildman–Crippen LogP) is 6.41. The van der Waals surface area contributed by atoms with E-state index < -0.39 is 5.79 Å². The molecular weight excluding hydrogens is 519 g/mol. The zero-order valence-corrected chi connectivity index (χ0v) is 22.4. The summed E-state index contributed by atoms with van der Waals surface area (Å²) in [4.78, 5) is 24.4. The molecule has 0 amide bonds. The lowest BCUT2D eigenvalue weighted by Crippen LogP contribution is -2.32. The van der Waals surface area contributed by atoms with E-state index in [-0.39, 0.29) is 18.0 Å². The molecule has 2 fully saturated rings. The molecule has 1 heterocycles. The van der Waals surface area contributed by atoms with E-state index >= 15 is 0 Å². The smallest absolute Gasteiger partial charge is 0.306 e. The molecule has 6 heteroatoms. The highest BCUT2D eigenvalue weighted by molar-refractivity contribution is 14.1. The number of hydrogen-bond donors (Lipinski definition) is 0. The maximum absolute atomic E-state index is 12.8. The monoisotopic (exact) mass is 562 g/mol. The molecule has 0 aromatic heterocycles. The molecule has 2 aliphatic rings. The van der Waals surface area contributed by atoms with Crippen LogP contribution in [-0.2, 0) is 23.8 Å². The van der Waals surface area contributed by atoms with Gasteiger partial charge in [0.25, 0.3) is 0 Å². The molecule has 5 nitrogen and oxygen atoms in total. The largest absolute Gasteiger partial charge is 0.463 e. The topological polar surface area (TPSA) is 61.8 Å². The van der Waals surface area contributed by atoms with E-state index in [0.717, 1.165) is 49.4 Å². The number of halogens is 1. The molecule has 32 heavy (non-hydrogen) atoms. The summed E-state index contributed by atoms with van der Waals surface area (Å²) in [7, 11) is 0. The number of allylic oxidation sites excluding steroid dienone is 2. The number of rotatable bonds is 15. The zero-order chi connectivity index (χ0) is 23.4. The number of hydrogen-bond acceptors (Lipinski definition) is 5. The third-order valence-electron chi connectivity index (χ3n) is 6.71. The maximum Gasteiger partial charge on any atom is 0.306 e. The van der Waals surface area contributed by atoms with Crippen LogP contribution in [0.5, 0.6) is 0 Å². The van der Waals surface area contributed by atoms with Crippen LogP contribution < -0.4 is 0 Å². The number of esters is 1. The molecule has 0 unspecified atom stereocenters. The van der Waals surface area contributed by atoms with Crippen LogP contribution >= 0.6 is 22.6 Å². The molecule has 184 valence electrons. The van der Waals surface area contributed by atoms with Gasteiger partial charge in [-0.3, -0.25) is 9.59 Å². The Hall–Kier alpha value is -0.470. The lowest BCUT2D eigenvalue weighted by Gasteiger charge is -2.31. The standard InChI is InChI=1S/C26H43IO5/c1-4-5-10-14-26(30-16-17-31-26)15-13-22-21(19-27)18-24(28)23(22)11-8-6-7-9-12-25(29)32-20(2)3/h6,8,20-23H,4-5,7,9-19H2,1-3H3/b8-6-/t21-,22-,23+/m0/s1. The van der Waals surface area contributed by atoms with Crippen LogP contribution in [0.15, 0.2) is 12.2 Å². The average molecular weight is 563 g/mol. The van der Waals surface area contributed by atoms with E-state index in [4.69, 9.17) is 14.2 Å². The highest BCUT2D eigenvalue weighted by Crippen LogP contribution is 2.43. The summed E-state index contributed by atoms with van der Waals surface area (Å²) in [5.41, 5.74) is 0. The summed E-state index contributed by atoms with van der Waals surface area (Å²) in [6.45, 7) is 7.32. The van der Waals surface area contributed by atoms with Gasteiger partial charge < -0.3 is 14.2 Å². The molecule has 1 aliphatic carbocycles. The molecule has 0 bridgehead atoms. The molecule has 2 rings (SSSR count). The Labute approximate surface area is 208 Å². The lowest BCUT2D eigenvalue weighted by atomic mass is 9.82. The Morgan fingerprint density at radius 1 is 1.19 bits per heavy atom. The van der Waals surface area contributed by atoms with Crippen molar-refractivity contribution in [2.24, 2.45) is 17.8 Å². The Kier molecular flexibility index (Phi) is 12.8. The van der Waals surface area contributed by atoms with Crippen LogP contribution in [0.2, 0.25) is 0 Å². The highest BCUT2D eigenvalue weighted by atomic mass is 127. The first-order valence-electron chi connectivity index (χ1n) is 12.6. The van der Waals surface area contributed by atoms with Gasteiger partial charge in [-0.2, -0.15) is 0 Å². The summed E-state index contributed by atoms with van der Waals surface area (Å²) in [6.07, 6.45) is 14.2. The highest BCUT2D eigenvalue weighted by Gasteiger charge is 2.43. The number of alkyl halides is 1. The van der Waals surface area contributed by atoms with Crippen LogP contribution in [0.4, 0.5) is 0 Å². The molecule has 0 radical (unpaired) electrons. The summed E-state index contributed by atoms with van der Waals surface area (Å²) in [5.74, 6) is 0.818. The molecule has 0 spiro atoms. The predicted molar refractivity (Wildman–Crippen MR) is 136 cm³/mol. The second-order valence-corrected chi connectivity index (χ2v) is 10.5. The first kappa shape index (κ1) is 27.8. The maximum atomic E-state index is 12.8.